The second kappa shape index (κ2) is 14.3. The summed E-state index contributed by atoms with van der Waals surface area (Å²) in [6.45, 7) is 9.58. The number of benzene rings is 1. The maximum atomic E-state index is 5.17. The summed E-state index contributed by atoms with van der Waals surface area (Å²) in [5, 5.41) is 6.73. The van der Waals surface area contributed by atoms with E-state index in [0.29, 0.717) is 0 Å². The number of hydrogen-bond acceptors (Lipinski definition) is 3. The summed E-state index contributed by atoms with van der Waals surface area (Å²) in [6, 6.07) is 8.19. The van der Waals surface area contributed by atoms with Gasteiger partial charge in [-0.2, -0.15) is 0 Å². The average Bonchev–Trinajstić information content (AvgIpc) is 2.60. The lowest BCUT2D eigenvalue weighted by atomic mass is 10.1. The molecule has 0 heterocycles. The molecule has 0 aromatic heterocycles. The highest BCUT2D eigenvalue weighted by Gasteiger charge is 2.00. The molecule has 0 aliphatic carbocycles. The van der Waals surface area contributed by atoms with Crippen LogP contribution in [0.5, 0.6) is 5.75 Å². The molecule has 24 heavy (non-hydrogen) atoms. The van der Waals surface area contributed by atoms with E-state index in [1.807, 2.05) is 19.2 Å². The molecule has 0 saturated carbocycles. The monoisotopic (exact) mass is 448 g/mol. The molecule has 5 nitrogen and oxygen atoms in total. The smallest absolute Gasteiger partial charge is 0.190 e. The predicted octanol–water partition coefficient (Wildman–Crippen LogP) is 2.75. The van der Waals surface area contributed by atoms with Crippen molar-refractivity contribution < 1.29 is 4.74 Å². The lowest BCUT2D eigenvalue weighted by molar-refractivity contribution is 0.300. The van der Waals surface area contributed by atoms with E-state index in [9.17, 15) is 0 Å². The molecular formula is C18H33IN4O. The van der Waals surface area contributed by atoms with Crippen molar-refractivity contribution in [1.29, 1.82) is 0 Å². The molecule has 138 valence electrons. The number of aliphatic imine (C=N–C) groups is 1. The zero-order valence-electron chi connectivity index (χ0n) is 15.5. The largest absolute Gasteiger partial charge is 0.497 e. The minimum atomic E-state index is 0. The highest BCUT2D eigenvalue weighted by Crippen LogP contribution is 2.11. The van der Waals surface area contributed by atoms with Crippen LogP contribution < -0.4 is 15.4 Å². The lowest BCUT2D eigenvalue weighted by Crippen LogP contribution is -2.39. The predicted molar refractivity (Wildman–Crippen MR) is 114 cm³/mol. The molecule has 0 bridgehead atoms. The van der Waals surface area contributed by atoms with Crippen LogP contribution in [0.2, 0.25) is 0 Å². The molecule has 0 radical (unpaired) electrons. The highest BCUT2D eigenvalue weighted by molar-refractivity contribution is 14.0. The molecule has 0 unspecified atom stereocenters. The fourth-order valence-corrected chi connectivity index (χ4v) is 2.39. The SMILES string of the molecule is CCN(CC)CCCNC(=NC)NCCc1ccc(OC)cc1.I. The Bertz CT molecular complexity index is 447. The number of rotatable bonds is 10. The molecule has 2 N–H and O–H groups in total. The van der Waals surface area contributed by atoms with Gasteiger partial charge in [0.1, 0.15) is 5.75 Å². The van der Waals surface area contributed by atoms with Crippen LogP contribution in [0.1, 0.15) is 25.8 Å². The van der Waals surface area contributed by atoms with Crippen LogP contribution in [0.25, 0.3) is 0 Å². The van der Waals surface area contributed by atoms with E-state index in [-0.39, 0.29) is 24.0 Å². The molecular weight excluding hydrogens is 415 g/mol. The standard InChI is InChI=1S/C18H32N4O.HI/c1-5-22(6-2)15-7-13-20-18(19-3)21-14-12-16-8-10-17(23-4)11-9-16;/h8-11H,5-7,12-15H2,1-4H3,(H2,19,20,21);1H. The molecule has 6 heteroatoms. The second-order valence-electron chi connectivity index (χ2n) is 5.40. The van der Waals surface area contributed by atoms with Crippen LogP contribution in [0.3, 0.4) is 0 Å². The molecule has 0 saturated heterocycles. The van der Waals surface area contributed by atoms with Crippen molar-refractivity contribution in [2.45, 2.75) is 26.7 Å². The van der Waals surface area contributed by atoms with E-state index in [4.69, 9.17) is 4.74 Å². The highest BCUT2D eigenvalue weighted by atomic mass is 127. The van der Waals surface area contributed by atoms with Crippen LogP contribution in [0, 0.1) is 0 Å². The van der Waals surface area contributed by atoms with Gasteiger partial charge in [-0.05, 0) is 50.2 Å². The Morgan fingerprint density at radius 1 is 1.08 bits per heavy atom. The van der Waals surface area contributed by atoms with Crippen molar-refractivity contribution in [3.05, 3.63) is 29.8 Å². The molecule has 1 aromatic carbocycles. The average molecular weight is 448 g/mol. The molecule has 1 aromatic rings. The van der Waals surface area contributed by atoms with Crippen molar-refractivity contribution in [3.8, 4) is 5.75 Å². The van der Waals surface area contributed by atoms with E-state index in [0.717, 1.165) is 57.3 Å². The summed E-state index contributed by atoms with van der Waals surface area (Å²) in [5.41, 5.74) is 1.29. The minimum absolute atomic E-state index is 0. The normalized spacial score (nSPS) is 11.1. The van der Waals surface area contributed by atoms with Gasteiger partial charge in [0.05, 0.1) is 7.11 Å². The lowest BCUT2D eigenvalue weighted by Gasteiger charge is -2.18. The zero-order chi connectivity index (χ0) is 16.9. The van der Waals surface area contributed by atoms with Crippen molar-refractivity contribution in [2.24, 2.45) is 4.99 Å². The van der Waals surface area contributed by atoms with E-state index < -0.39 is 0 Å². The Morgan fingerprint density at radius 2 is 1.71 bits per heavy atom. The quantitative estimate of drug-likeness (QED) is 0.250. The first kappa shape index (κ1) is 23.0. The zero-order valence-corrected chi connectivity index (χ0v) is 17.8. The number of methoxy groups -OCH3 is 1. The molecule has 0 aliphatic rings. The van der Waals surface area contributed by atoms with Gasteiger partial charge in [0, 0.05) is 20.1 Å². The molecule has 1 rings (SSSR count). The maximum Gasteiger partial charge on any atom is 0.190 e. The number of hydrogen-bond donors (Lipinski definition) is 2. The Balaban J connectivity index is 0.00000529. The summed E-state index contributed by atoms with van der Waals surface area (Å²) in [5.74, 6) is 1.77. The first-order chi connectivity index (χ1) is 11.2. The van der Waals surface area contributed by atoms with Crippen LogP contribution >= 0.6 is 24.0 Å². The van der Waals surface area contributed by atoms with Gasteiger partial charge in [0.2, 0.25) is 0 Å². The number of guanidine groups is 1. The minimum Gasteiger partial charge on any atom is -0.497 e. The van der Waals surface area contributed by atoms with Crippen LogP contribution in [0.15, 0.2) is 29.3 Å². The molecule has 0 atom stereocenters. The van der Waals surface area contributed by atoms with Gasteiger partial charge in [0.15, 0.2) is 5.96 Å². The Kier molecular flexibility index (Phi) is 13.7. The molecule has 0 aliphatic heterocycles. The second-order valence-corrected chi connectivity index (χ2v) is 5.40. The summed E-state index contributed by atoms with van der Waals surface area (Å²) in [6.07, 6.45) is 2.09. The van der Waals surface area contributed by atoms with E-state index in [1.54, 1.807) is 7.11 Å². The first-order valence-electron chi connectivity index (χ1n) is 8.53. The van der Waals surface area contributed by atoms with Crippen molar-refractivity contribution in [2.75, 3.05) is 46.9 Å². The number of ether oxygens (including phenoxy) is 1. The van der Waals surface area contributed by atoms with Crippen LogP contribution in [0.4, 0.5) is 0 Å². The Morgan fingerprint density at radius 3 is 2.25 bits per heavy atom. The maximum absolute atomic E-state index is 5.17. The van der Waals surface area contributed by atoms with Crippen molar-refractivity contribution in [1.82, 2.24) is 15.5 Å². The number of halogens is 1. The van der Waals surface area contributed by atoms with Crippen LogP contribution in [-0.4, -0.2) is 57.7 Å². The van der Waals surface area contributed by atoms with Gasteiger partial charge in [-0.25, -0.2) is 0 Å². The summed E-state index contributed by atoms with van der Waals surface area (Å²) in [7, 11) is 3.50. The van der Waals surface area contributed by atoms with E-state index in [2.05, 4.69) is 46.5 Å². The third-order valence-corrected chi connectivity index (χ3v) is 3.93. The summed E-state index contributed by atoms with van der Waals surface area (Å²) < 4.78 is 5.17. The van der Waals surface area contributed by atoms with Gasteiger partial charge in [-0.15, -0.1) is 24.0 Å². The fourth-order valence-electron chi connectivity index (χ4n) is 2.39. The third kappa shape index (κ3) is 9.32. The van der Waals surface area contributed by atoms with E-state index in [1.165, 1.54) is 5.56 Å². The molecule has 0 fully saturated rings. The van der Waals surface area contributed by atoms with Gasteiger partial charge >= 0.3 is 0 Å². The Hall–Kier alpha value is -1.02. The van der Waals surface area contributed by atoms with Gasteiger partial charge in [-0.1, -0.05) is 26.0 Å². The van der Waals surface area contributed by atoms with Gasteiger partial charge in [-0.3, -0.25) is 4.99 Å². The van der Waals surface area contributed by atoms with Crippen molar-refractivity contribution >= 4 is 29.9 Å². The Labute approximate surface area is 164 Å². The third-order valence-electron chi connectivity index (χ3n) is 3.93. The molecule has 0 amide bonds. The summed E-state index contributed by atoms with van der Waals surface area (Å²) in [4.78, 5) is 6.70. The summed E-state index contributed by atoms with van der Waals surface area (Å²) >= 11 is 0. The molecule has 0 spiro atoms. The fraction of sp³-hybridized carbons (Fsp3) is 0.611. The van der Waals surface area contributed by atoms with Crippen molar-refractivity contribution in [3.63, 3.8) is 0 Å². The van der Waals surface area contributed by atoms with Gasteiger partial charge in [0.25, 0.3) is 0 Å². The first-order valence-corrected chi connectivity index (χ1v) is 8.53. The van der Waals surface area contributed by atoms with Gasteiger partial charge < -0.3 is 20.3 Å². The van der Waals surface area contributed by atoms with E-state index >= 15 is 0 Å². The number of nitrogens with zero attached hydrogens (tertiary/aromatic N) is 2. The number of nitrogens with one attached hydrogen (secondary N) is 2. The topological polar surface area (TPSA) is 48.9 Å². The van der Waals surface area contributed by atoms with Crippen LogP contribution in [-0.2, 0) is 6.42 Å².